The molecule has 104 valence electrons. The molecule has 1 aliphatic carbocycles. The second kappa shape index (κ2) is 5.51. The first-order valence-corrected chi connectivity index (χ1v) is 7.37. The fourth-order valence-corrected chi connectivity index (χ4v) is 3.36. The van der Waals surface area contributed by atoms with Crippen molar-refractivity contribution in [3.05, 3.63) is 29.8 Å². The van der Waals surface area contributed by atoms with Crippen molar-refractivity contribution in [1.82, 2.24) is 0 Å². The fraction of sp³-hybridized carbons (Fsp3) is 0.625. The van der Waals surface area contributed by atoms with Gasteiger partial charge in [-0.15, -0.1) is 0 Å². The third-order valence-corrected chi connectivity index (χ3v) is 4.59. The molecule has 1 saturated carbocycles. The van der Waals surface area contributed by atoms with E-state index < -0.39 is 0 Å². The predicted octanol–water partition coefficient (Wildman–Crippen LogP) is 2.62. The Hall–Kier alpha value is -1.06. The topological polar surface area (TPSA) is 44.5 Å². The highest BCUT2D eigenvalue weighted by atomic mass is 16.5. The van der Waals surface area contributed by atoms with E-state index in [-0.39, 0.29) is 11.5 Å². The molecule has 0 bridgehead atoms. The number of nitrogens with two attached hydrogens (primary N) is 1. The summed E-state index contributed by atoms with van der Waals surface area (Å²) >= 11 is 0. The SMILES string of the molecule is NCC1(c2cccc(OC3CCOC3)c2)CCCC1. The number of benzene rings is 1. The van der Waals surface area contributed by atoms with Crippen molar-refractivity contribution in [2.75, 3.05) is 19.8 Å². The van der Waals surface area contributed by atoms with Crippen LogP contribution in [0.2, 0.25) is 0 Å². The average Bonchev–Trinajstić information content (AvgIpc) is 3.10. The Kier molecular flexibility index (Phi) is 3.76. The number of hydrogen-bond donors (Lipinski definition) is 1. The maximum atomic E-state index is 6.05. The van der Waals surface area contributed by atoms with Crippen molar-refractivity contribution in [1.29, 1.82) is 0 Å². The highest BCUT2D eigenvalue weighted by molar-refractivity contribution is 5.35. The van der Waals surface area contributed by atoms with E-state index in [1.165, 1.54) is 31.2 Å². The molecular weight excluding hydrogens is 238 g/mol. The summed E-state index contributed by atoms with van der Waals surface area (Å²) in [6, 6.07) is 8.53. The Balaban J connectivity index is 1.78. The second-order valence-corrected chi connectivity index (χ2v) is 5.82. The van der Waals surface area contributed by atoms with Crippen LogP contribution in [0.5, 0.6) is 5.75 Å². The molecule has 1 aromatic rings. The molecule has 3 rings (SSSR count). The van der Waals surface area contributed by atoms with Crippen molar-refractivity contribution < 1.29 is 9.47 Å². The molecule has 1 atom stereocenters. The van der Waals surface area contributed by atoms with Gasteiger partial charge < -0.3 is 15.2 Å². The van der Waals surface area contributed by atoms with Crippen LogP contribution in [-0.4, -0.2) is 25.9 Å². The normalized spacial score (nSPS) is 25.6. The van der Waals surface area contributed by atoms with Gasteiger partial charge in [0.15, 0.2) is 0 Å². The molecule has 0 amide bonds. The van der Waals surface area contributed by atoms with Crippen LogP contribution < -0.4 is 10.5 Å². The molecule has 1 saturated heterocycles. The van der Waals surface area contributed by atoms with E-state index >= 15 is 0 Å². The van der Waals surface area contributed by atoms with Crippen molar-refractivity contribution in [3.63, 3.8) is 0 Å². The molecule has 0 spiro atoms. The lowest BCUT2D eigenvalue weighted by molar-refractivity contribution is 0.141. The van der Waals surface area contributed by atoms with Crippen molar-refractivity contribution in [2.45, 2.75) is 43.6 Å². The summed E-state index contributed by atoms with van der Waals surface area (Å²) < 4.78 is 11.4. The van der Waals surface area contributed by atoms with E-state index in [1.807, 2.05) is 6.07 Å². The van der Waals surface area contributed by atoms with Gasteiger partial charge in [0.1, 0.15) is 11.9 Å². The van der Waals surface area contributed by atoms with Crippen LogP contribution in [0.4, 0.5) is 0 Å². The molecule has 19 heavy (non-hydrogen) atoms. The Morgan fingerprint density at radius 1 is 1.32 bits per heavy atom. The molecule has 1 unspecified atom stereocenters. The van der Waals surface area contributed by atoms with Gasteiger partial charge in [-0.3, -0.25) is 0 Å². The lowest BCUT2D eigenvalue weighted by Crippen LogP contribution is -2.32. The molecule has 1 heterocycles. The highest BCUT2D eigenvalue weighted by Crippen LogP contribution is 2.41. The Morgan fingerprint density at radius 2 is 2.16 bits per heavy atom. The zero-order chi connectivity index (χ0) is 13.1. The highest BCUT2D eigenvalue weighted by Gasteiger charge is 2.34. The van der Waals surface area contributed by atoms with Crippen LogP contribution in [0.1, 0.15) is 37.7 Å². The quantitative estimate of drug-likeness (QED) is 0.906. The maximum absolute atomic E-state index is 6.05. The summed E-state index contributed by atoms with van der Waals surface area (Å²) in [4.78, 5) is 0. The first kappa shape index (κ1) is 12.9. The van der Waals surface area contributed by atoms with Gasteiger partial charge in [0, 0.05) is 18.4 Å². The molecule has 3 nitrogen and oxygen atoms in total. The lowest BCUT2D eigenvalue weighted by atomic mass is 9.79. The number of rotatable bonds is 4. The minimum atomic E-state index is 0.186. The van der Waals surface area contributed by atoms with Crippen LogP contribution in [0, 0.1) is 0 Å². The zero-order valence-electron chi connectivity index (χ0n) is 11.4. The van der Waals surface area contributed by atoms with Crippen molar-refractivity contribution in [3.8, 4) is 5.75 Å². The van der Waals surface area contributed by atoms with Crippen LogP contribution >= 0.6 is 0 Å². The molecule has 1 aliphatic heterocycles. The average molecular weight is 261 g/mol. The molecule has 2 N–H and O–H groups in total. The van der Waals surface area contributed by atoms with Gasteiger partial charge in [-0.1, -0.05) is 25.0 Å². The Bertz CT molecular complexity index is 421. The Labute approximate surface area is 115 Å². The third kappa shape index (κ3) is 2.63. The molecular formula is C16H23NO2. The summed E-state index contributed by atoms with van der Waals surface area (Å²) in [5.41, 5.74) is 7.59. The zero-order valence-corrected chi connectivity index (χ0v) is 11.4. The molecule has 2 aliphatic rings. The first-order chi connectivity index (χ1) is 9.32. The molecule has 3 heteroatoms. The van der Waals surface area contributed by atoms with Gasteiger partial charge in [-0.2, -0.15) is 0 Å². The van der Waals surface area contributed by atoms with E-state index in [1.54, 1.807) is 0 Å². The van der Waals surface area contributed by atoms with Crippen molar-refractivity contribution >= 4 is 0 Å². The first-order valence-electron chi connectivity index (χ1n) is 7.37. The number of ether oxygens (including phenoxy) is 2. The van der Waals surface area contributed by atoms with Gasteiger partial charge in [0.2, 0.25) is 0 Å². The molecule has 0 aromatic heterocycles. The molecule has 2 fully saturated rings. The summed E-state index contributed by atoms with van der Waals surface area (Å²) in [6.45, 7) is 2.27. The van der Waals surface area contributed by atoms with Crippen LogP contribution in [0.15, 0.2) is 24.3 Å². The van der Waals surface area contributed by atoms with Gasteiger partial charge in [0.05, 0.1) is 13.2 Å². The van der Waals surface area contributed by atoms with Crippen LogP contribution in [0.3, 0.4) is 0 Å². The largest absolute Gasteiger partial charge is 0.488 e. The second-order valence-electron chi connectivity index (χ2n) is 5.82. The number of hydrogen-bond acceptors (Lipinski definition) is 3. The lowest BCUT2D eigenvalue weighted by Gasteiger charge is -2.28. The monoisotopic (exact) mass is 261 g/mol. The summed E-state index contributed by atoms with van der Waals surface area (Å²) in [5, 5.41) is 0. The third-order valence-electron chi connectivity index (χ3n) is 4.59. The minimum Gasteiger partial charge on any atom is -0.488 e. The van der Waals surface area contributed by atoms with Crippen LogP contribution in [0.25, 0.3) is 0 Å². The van der Waals surface area contributed by atoms with E-state index in [9.17, 15) is 0 Å². The van der Waals surface area contributed by atoms with Gasteiger partial charge in [-0.05, 0) is 30.5 Å². The summed E-state index contributed by atoms with van der Waals surface area (Å²) in [7, 11) is 0. The van der Waals surface area contributed by atoms with Gasteiger partial charge >= 0.3 is 0 Å². The van der Waals surface area contributed by atoms with Gasteiger partial charge in [0.25, 0.3) is 0 Å². The molecule has 0 radical (unpaired) electrons. The summed E-state index contributed by atoms with van der Waals surface area (Å²) in [6.07, 6.45) is 6.20. The van der Waals surface area contributed by atoms with E-state index in [0.717, 1.165) is 25.3 Å². The van der Waals surface area contributed by atoms with Crippen molar-refractivity contribution in [2.24, 2.45) is 5.73 Å². The predicted molar refractivity (Wildman–Crippen MR) is 75.5 cm³/mol. The van der Waals surface area contributed by atoms with E-state index in [0.29, 0.717) is 6.61 Å². The summed E-state index contributed by atoms with van der Waals surface area (Å²) in [5.74, 6) is 0.965. The smallest absolute Gasteiger partial charge is 0.124 e. The fourth-order valence-electron chi connectivity index (χ4n) is 3.36. The van der Waals surface area contributed by atoms with E-state index in [2.05, 4.69) is 18.2 Å². The van der Waals surface area contributed by atoms with E-state index in [4.69, 9.17) is 15.2 Å². The standard InChI is InChI=1S/C16H23NO2/c17-12-16(7-1-2-8-16)13-4-3-5-14(10-13)19-15-6-9-18-11-15/h3-5,10,15H,1-2,6-9,11-12,17H2. The molecule has 1 aromatic carbocycles. The minimum absolute atomic E-state index is 0.186. The Morgan fingerprint density at radius 3 is 2.84 bits per heavy atom. The maximum Gasteiger partial charge on any atom is 0.124 e. The van der Waals surface area contributed by atoms with Gasteiger partial charge in [-0.25, -0.2) is 0 Å². The van der Waals surface area contributed by atoms with Crippen LogP contribution in [-0.2, 0) is 10.2 Å².